The van der Waals surface area contributed by atoms with E-state index in [9.17, 15) is 0 Å². The number of nitrogens with two attached hydrogens (primary N) is 1. The first-order valence-electron chi connectivity index (χ1n) is 9.06. The van der Waals surface area contributed by atoms with E-state index in [0.29, 0.717) is 12.2 Å². The molecule has 0 aromatic rings. The molecule has 0 spiro atoms. The van der Waals surface area contributed by atoms with Gasteiger partial charge in [-0.3, -0.25) is 0 Å². The molecule has 0 bridgehead atoms. The van der Waals surface area contributed by atoms with Gasteiger partial charge in [0.05, 0.1) is 5.70 Å². The summed E-state index contributed by atoms with van der Waals surface area (Å²) in [5, 5.41) is 6.51. The molecule has 0 saturated heterocycles. The number of hydrogen-bond donors (Lipinski definition) is 3. The average Bonchev–Trinajstić information content (AvgIpc) is 2.58. The van der Waals surface area contributed by atoms with Crippen LogP contribution in [-0.2, 0) is 0 Å². The lowest BCUT2D eigenvalue weighted by molar-refractivity contribution is 0.181. The Morgan fingerprint density at radius 3 is 2.52 bits per heavy atom. The lowest BCUT2D eigenvalue weighted by atomic mass is 9.94. The Hall–Kier alpha value is -0.980. The van der Waals surface area contributed by atoms with Crippen molar-refractivity contribution in [3.8, 4) is 0 Å². The molecule has 6 nitrogen and oxygen atoms in total. The van der Waals surface area contributed by atoms with Crippen LogP contribution in [0.3, 0.4) is 0 Å². The molecule has 1 fully saturated rings. The summed E-state index contributed by atoms with van der Waals surface area (Å²) in [4.78, 5) is 4.97. The normalized spacial score (nSPS) is 17.0. The van der Waals surface area contributed by atoms with Crippen molar-refractivity contribution in [3.63, 3.8) is 0 Å². The third-order valence-electron chi connectivity index (χ3n) is 4.73. The Labute approximate surface area is 142 Å². The zero-order valence-corrected chi connectivity index (χ0v) is 15.1. The Balaban J connectivity index is 2.02. The van der Waals surface area contributed by atoms with E-state index in [0.717, 1.165) is 32.1 Å². The second-order valence-electron chi connectivity index (χ2n) is 6.69. The molecule has 0 radical (unpaired) electrons. The van der Waals surface area contributed by atoms with Crippen molar-refractivity contribution in [2.45, 2.75) is 51.0 Å². The van der Waals surface area contributed by atoms with Gasteiger partial charge >= 0.3 is 0 Å². The fraction of sp³-hybridized carbons (Fsp3) is 0.882. The van der Waals surface area contributed by atoms with Crippen molar-refractivity contribution in [3.05, 3.63) is 11.9 Å². The molecule has 0 aromatic carbocycles. The van der Waals surface area contributed by atoms with E-state index in [1.54, 1.807) is 6.20 Å². The highest BCUT2D eigenvalue weighted by Crippen LogP contribution is 2.21. The minimum atomic E-state index is 0.310. The molecule has 0 aromatic heterocycles. The van der Waals surface area contributed by atoms with Crippen LogP contribution in [0.2, 0.25) is 0 Å². The van der Waals surface area contributed by atoms with Crippen LogP contribution in [0.25, 0.3) is 0 Å². The lowest BCUT2D eigenvalue weighted by Gasteiger charge is -2.31. The number of nitrogens with one attached hydrogen (secondary N) is 2. The zero-order valence-electron chi connectivity index (χ0n) is 15.1. The minimum absolute atomic E-state index is 0.310. The monoisotopic (exact) mass is 324 g/mol. The van der Waals surface area contributed by atoms with Gasteiger partial charge in [0.1, 0.15) is 0 Å². The standard InChI is InChI=1S/C17H36N6/c1-22(11-6-10-20-15-16(14-18)21-19)12-7-13-23(2)17-8-4-3-5-9-17/h15,17,19-20H,3-14,18H2,1-2H3/b16-15-,21-19?. The molecule has 4 N–H and O–H groups in total. The van der Waals surface area contributed by atoms with Crippen LogP contribution in [-0.4, -0.2) is 62.7 Å². The maximum absolute atomic E-state index is 6.92. The highest BCUT2D eigenvalue weighted by molar-refractivity contribution is 4.97. The molecule has 1 aliphatic carbocycles. The van der Waals surface area contributed by atoms with Crippen LogP contribution in [0.4, 0.5) is 0 Å². The van der Waals surface area contributed by atoms with E-state index in [-0.39, 0.29) is 0 Å². The molecular formula is C17H36N6. The van der Waals surface area contributed by atoms with Crippen molar-refractivity contribution in [2.24, 2.45) is 10.8 Å². The predicted octanol–water partition coefficient (Wildman–Crippen LogP) is 2.38. The zero-order chi connectivity index (χ0) is 16.9. The molecule has 23 heavy (non-hydrogen) atoms. The molecule has 134 valence electrons. The average molecular weight is 325 g/mol. The number of hydrogen-bond acceptors (Lipinski definition) is 6. The van der Waals surface area contributed by atoms with Gasteiger partial charge in [0.25, 0.3) is 0 Å². The first kappa shape index (κ1) is 20.1. The molecule has 1 rings (SSSR count). The van der Waals surface area contributed by atoms with Gasteiger partial charge in [-0.05, 0) is 59.4 Å². The molecular weight excluding hydrogens is 288 g/mol. The SMILES string of the molecule is CN(CCCN/C=C(/CN)N=N)CCCN(C)C1CCCCC1. The van der Waals surface area contributed by atoms with Crippen molar-refractivity contribution in [2.75, 3.05) is 46.8 Å². The van der Waals surface area contributed by atoms with Crippen molar-refractivity contribution in [1.29, 1.82) is 5.53 Å². The second-order valence-corrected chi connectivity index (χ2v) is 6.69. The van der Waals surface area contributed by atoms with Gasteiger partial charge in [-0.1, -0.05) is 19.3 Å². The Morgan fingerprint density at radius 2 is 1.87 bits per heavy atom. The summed E-state index contributed by atoms with van der Waals surface area (Å²) in [6.45, 7) is 4.66. The fourth-order valence-electron chi connectivity index (χ4n) is 3.18. The fourth-order valence-corrected chi connectivity index (χ4v) is 3.18. The van der Waals surface area contributed by atoms with Crippen LogP contribution in [0, 0.1) is 5.53 Å². The highest BCUT2D eigenvalue weighted by atomic mass is 15.1. The van der Waals surface area contributed by atoms with Gasteiger partial charge in [0, 0.05) is 25.3 Å². The second kappa shape index (κ2) is 12.4. The Morgan fingerprint density at radius 1 is 1.17 bits per heavy atom. The van der Waals surface area contributed by atoms with Crippen LogP contribution < -0.4 is 11.1 Å². The molecule has 6 heteroatoms. The van der Waals surface area contributed by atoms with Crippen molar-refractivity contribution < 1.29 is 0 Å². The quantitative estimate of drug-likeness (QED) is 0.380. The first-order valence-corrected chi connectivity index (χ1v) is 9.06. The summed E-state index contributed by atoms with van der Waals surface area (Å²) < 4.78 is 0. The molecule has 0 amide bonds. The Bertz CT molecular complexity index is 338. The smallest absolute Gasteiger partial charge is 0.0915 e. The van der Waals surface area contributed by atoms with Gasteiger partial charge in [-0.2, -0.15) is 5.11 Å². The van der Waals surface area contributed by atoms with E-state index >= 15 is 0 Å². The largest absolute Gasteiger partial charge is 0.389 e. The molecule has 0 atom stereocenters. The summed E-state index contributed by atoms with van der Waals surface area (Å²) in [5.74, 6) is 0. The van der Waals surface area contributed by atoms with Gasteiger partial charge in [-0.25, -0.2) is 5.53 Å². The number of rotatable bonds is 12. The predicted molar refractivity (Wildman–Crippen MR) is 96.5 cm³/mol. The first-order chi connectivity index (χ1) is 11.2. The molecule has 0 heterocycles. The third-order valence-corrected chi connectivity index (χ3v) is 4.73. The van der Waals surface area contributed by atoms with Gasteiger partial charge in [0.15, 0.2) is 0 Å². The maximum atomic E-state index is 6.92. The van der Waals surface area contributed by atoms with Crippen LogP contribution in [0.1, 0.15) is 44.9 Å². The summed E-state index contributed by atoms with van der Waals surface area (Å²) in [5.41, 5.74) is 12.9. The molecule has 1 aliphatic rings. The highest BCUT2D eigenvalue weighted by Gasteiger charge is 2.17. The third kappa shape index (κ3) is 9.03. The van der Waals surface area contributed by atoms with Crippen molar-refractivity contribution in [1.82, 2.24) is 15.1 Å². The lowest BCUT2D eigenvalue weighted by Crippen LogP contribution is -2.35. The summed E-state index contributed by atoms with van der Waals surface area (Å²) in [7, 11) is 4.49. The summed E-state index contributed by atoms with van der Waals surface area (Å²) in [6, 6.07) is 0.823. The van der Waals surface area contributed by atoms with Crippen LogP contribution in [0.15, 0.2) is 17.0 Å². The van der Waals surface area contributed by atoms with Crippen molar-refractivity contribution >= 4 is 0 Å². The Kier molecular flexibility index (Phi) is 10.9. The summed E-state index contributed by atoms with van der Waals surface area (Å²) in [6.07, 6.45) is 11.1. The molecule has 1 saturated carbocycles. The summed E-state index contributed by atoms with van der Waals surface area (Å²) >= 11 is 0. The van der Waals surface area contributed by atoms with Gasteiger partial charge in [0.2, 0.25) is 0 Å². The molecule has 0 unspecified atom stereocenters. The maximum Gasteiger partial charge on any atom is 0.0915 e. The van der Waals surface area contributed by atoms with Crippen LogP contribution >= 0.6 is 0 Å². The van der Waals surface area contributed by atoms with E-state index in [1.165, 1.54) is 45.1 Å². The van der Waals surface area contributed by atoms with E-state index in [2.05, 4.69) is 34.3 Å². The number of nitrogens with zero attached hydrogens (tertiary/aromatic N) is 3. The van der Waals surface area contributed by atoms with E-state index < -0.39 is 0 Å². The van der Waals surface area contributed by atoms with Crippen LogP contribution in [0.5, 0.6) is 0 Å². The van der Waals surface area contributed by atoms with E-state index in [1.807, 2.05) is 0 Å². The van der Waals surface area contributed by atoms with Gasteiger partial charge in [-0.15, -0.1) is 0 Å². The minimum Gasteiger partial charge on any atom is -0.389 e. The van der Waals surface area contributed by atoms with Gasteiger partial charge < -0.3 is 20.9 Å². The van der Waals surface area contributed by atoms with E-state index in [4.69, 9.17) is 11.3 Å². The molecule has 0 aliphatic heterocycles. The topological polar surface area (TPSA) is 80.7 Å².